The first-order valence-electron chi connectivity index (χ1n) is 10.6. The number of carbonyl (C=O) groups excluding carboxylic acids is 1. The van der Waals surface area contributed by atoms with Gasteiger partial charge in [0.2, 0.25) is 0 Å². The maximum Gasteiger partial charge on any atom is 0.253 e. The van der Waals surface area contributed by atoms with E-state index in [0.29, 0.717) is 17.9 Å². The summed E-state index contributed by atoms with van der Waals surface area (Å²) in [4.78, 5) is 19.3. The molecule has 0 aliphatic carbocycles. The van der Waals surface area contributed by atoms with E-state index >= 15 is 0 Å². The minimum Gasteiger partial charge on any atom is -0.348 e. The highest BCUT2D eigenvalue weighted by Gasteiger charge is 2.21. The Kier molecular flexibility index (Phi) is 6.23. The number of nitrogens with one attached hydrogen (secondary N) is 1. The van der Waals surface area contributed by atoms with Gasteiger partial charge in [-0.3, -0.25) is 9.69 Å². The minimum atomic E-state index is -0.130. The summed E-state index contributed by atoms with van der Waals surface area (Å²) in [6.45, 7) is 8.53. The molecule has 1 aromatic carbocycles. The number of carbonyl (C=O) groups is 1. The van der Waals surface area contributed by atoms with Gasteiger partial charge in [0.25, 0.3) is 5.91 Å². The molecular formula is C24H29N5O. The van der Waals surface area contributed by atoms with Gasteiger partial charge in [0.05, 0.1) is 5.56 Å². The fourth-order valence-corrected chi connectivity index (χ4v) is 4.29. The van der Waals surface area contributed by atoms with Gasteiger partial charge in [0, 0.05) is 44.8 Å². The van der Waals surface area contributed by atoms with Crippen molar-refractivity contribution in [2.24, 2.45) is 11.8 Å². The summed E-state index contributed by atoms with van der Waals surface area (Å²) < 4.78 is 1.66. The first kappa shape index (κ1) is 20.3. The molecule has 0 radical (unpaired) electrons. The summed E-state index contributed by atoms with van der Waals surface area (Å²) in [5.41, 5.74) is 2.95. The van der Waals surface area contributed by atoms with Gasteiger partial charge in [-0.05, 0) is 47.6 Å². The van der Waals surface area contributed by atoms with Crippen LogP contribution in [0.1, 0.15) is 41.8 Å². The third kappa shape index (κ3) is 5.13. The zero-order chi connectivity index (χ0) is 20.9. The monoisotopic (exact) mass is 403 g/mol. The number of benzene rings is 1. The van der Waals surface area contributed by atoms with E-state index in [1.165, 1.54) is 25.1 Å². The van der Waals surface area contributed by atoms with Crippen LogP contribution in [0.3, 0.4) is 0 Å². The Morgan fingerprint density at radius 1 is 1.07 bits per heavy atom. The molecule has 1 aliphatic heterocycles. The normalized spacial score (nSPS) is 19.5. The standard InChI is InChI=1S/C24H29N5O/c1-18-12-19(2)16-28(15-18)17-21-6-4-20(5-7-21)13-26-24(30)22-8-9-23(25-14-22)29-11-3-10-27-29/h3-11,14,18-19H,12-13,15-17H2,1-2H3,(H,26,30). The molecular weight excluding hydrogens is 374 g/mol. The number of hydrogen-bond acceptors (Lipinski definition) is 4. The minimum absolute atomic E-state index is 0.130. The van der Waals surface area contributed by atoms with Crippen LogP contribution in [0.2, 0.25) is 0 Å². The van der Waals surface area contributed by atoms with Gasteiger partial charge < -0.3 is 5.32 Å². The Morgan fingerprint density at radius 2 is 1.80 bits per heavy atom. The van der Waals surface area contributed by atoms with E-state index in [2.05, 4.69) is 58.4 Å². The third-order valence-electron chi connectivity index (χ3n) is 5.58. The Bertz CT molecular complexity index is 940. The number of nitrogens with zero attached hydrogens (tertiary/aromatic N) is 4. The second-order valence-corrected chi connectivity index (χ2v) is 8.50. The number of likely N-dealkylation sites (tertiary alicyclic amines) is 1. The maximum absolute atomic E-state index is 12.4. The highest BCUT2D eigenvalue weighted by molar-refractivity contribution is 5.93. The lowest BCUT2D eigenvalue weighted by Gasteiger charge is -2.35. The molecule has 4 rings (SSSR count). The molecule has 1 N–H and O–H groups in total. The number of pyridine rings is 1. The van der Waals surface area contributed by atoms with Gasteiger partial charge in [0.1, 0.15) is 0 Å². The van der Waals surface area contributed by atoms with Crippen LogP contribution in [-0.4, -0.2) is 38.7 Å². The van der Waals surface area contributed by atoms with Crippen molar-refractivity contribution >= 4 is 5.91 Å². The van der Waals surface area contributed by atoms with Crippen LogP contribution in [0.5, 0.6) is 0 Å². The molecule has 0 bridgehead atoms. The van der Waals surface area contributed by atoms with E-state index in [9.17, 15) is 4.79 Å². The molecule has 0 saturated carbocycles. The van der Waals surface area contributed by atoms with Crippen LogP contribution in [0.15, 0.2) is 61.1 Å². The molecule has 30 heavy (non-hydrogen) atoms. The smallest absolute Gasteiger partial charge is 0.253 e. The average Bonchev–Trinajstić information content (AvgIpc) is 3.27. The topological polar surface area (TPSA) is 63.1 Å². The summed E-state index contributed by atoms with van der Waals surface area (Å²) in [5.74, 6) is 2.09. The molecule has 6 heteroatoms. The van der Waals surface area contributed by atoms with Crippen LogP contribution in [0, 0.1) is 11.8 Å². The molecule has 6 nitrogen and oxygen atoms in total. The van der Waals surface area contributed by atoms with Crippen LogP contribution < -0.4 is 5.32 Å². The zero-order valence-corrected chi connectivity index (χ0v) is 17.7. The van der Waals surface area contributed by atoms with Crippen molar-refractivity contribution in [2.45, 2.75) is 33.4 Å². The Labute approximate surface area is 177 Å². The molecule has 1 saturated heterocycles. The van der Waals surface area contributed by atoms with Gasteiger partial charge >= 0.3 is 0 Å². The second-order valence-electron chi connectivity index (χ2n) is 8.50. The summed E-state index contributed by atoms with van der Waals surface area (Å²) >= 11 is 0. The summed E-state index contributed by atoms with van der Waals surface area (Å²) in [7, 11) is 0. The zero-order valence-electron chi connectivity index (χ0n) is 17.7. The SMILES string of the molecule is CC1CC(C)CN(Cc2ccc(CNC(=O)c3ccc(-n4cccn4)nc3)cc2)C1. The molecule has 1 amide bonds. The second kappa shape index (κ2) is 9.22. The molecule has 0 spiro atoms. The number of aromatic nitrogens is 3. The fourth-order valence-electron chi connectivity index (χ4n) is 4.29. The summed E-state index contributed by atoms with van der Waals surface area (Å²) in [6, 6.07) is 13.9. The number of piperidine rings is 1. The molecule has 1 fully saturated rings. The van der Waals surface area contributed by atoms with Crippen molar-refractivity contribution in [3.05, 3.63) is 77.7 Å². The molecule has 2 atom stereocenters. The fraction of sp³-hybridized carbons (Fsp3) is 0.375. The van der Waals surface area contributed by atoms with Crippen LogP contribution in [-0.2, 0) is 13.1 Å². The van der Waals surface area contributed by atoms with Crippen molar-refractivity contribution in [1.29, 1.82) is 0 Å². The van der Waals surface area contributed by atoms with Gasteiger partial charge in [-0.2, -0.15) is 5.10 Å². The van der Waals surface area contributed by atoms with Crippen LogP contribution in [0.25, 0.3) is 5.82 Å². The van der Waals surface area contributed by atoms with Gasteiger partial charge in [-0.15, -0.1) is 0 Å². The van der Waals surface area contributed by atoms with Gasteiger partial charge in [-0.1, -0.05) is 38.1 Å². The Morgan fingerprint density at radius 3 is 2.43 bits per heavy atom. The third-order valence-corrected chi connectivity index (χ3v) is 5.58. The summed E-state index contributed by atoms with van der Waals surface area (Å²) in [5, 5.41) is 7.11. The van der Waals surface area contributed by atoms with Crippen molar-refractivity contribution < 1.29 is 4.79 Å². The van der Waals surface area contributed by atoms with Gasteiger partial charge in [0.15, 0.2) is 5.82 Å². The molecule has 3 aromatic rings. The number of hydrogen-bond donors (Lipinski definition) is 1. The molecule has 2 unspecified atom stereocenters. The van der Waals surface area contributed by atoms with Crippen molar-refractivity contribution in [2.75, 3.05) is 13.1 Å². The highest BCUT2D eigenvalue weighted by atomic mass is 16.1. The largest absolute Gasteiger partial charge is 0.348 e. The van der Waals surface area contributed by atoms with E-state index < -0.39 is 0 Å². The van der Waals surface area contributed by atoms with Crippen molar-refractivity contribution in [3.63, 3.8) is 0 Å². The summed E-state index contributed by atoms with van der Waals surface area (Å²) in [6.07, 6.45) is 6.42. The quantitative estimate of drug-likeness (QED) is 0.682. The lowest BCUT2D eigenvalue weighted by molar-refractivity contribution is 0.0950. The highest BCUT2D eigenvalue weighted by Crippen LogP contribution is 2.22. The first-order valence-corrected chi connectivity index (χ1v) is 10.6. The Hall–Kier alpha value is -2.99. The van der Waals surface area contributed by atoms with E-state index in [4.69, 9.17) is 0 Å². The lowest BCUT2D eigenvalue weighted by atomic mass is 9.91. The van der Waals surface area contributed by atoms with E-state index in [1.54, 1.807) is 29.2 Å². The first-order chi connectivity index (χ1) is 14.6. The average molecular weight is 404 g/mol. The molecule has 1 aliphatic rings. The molecule has 156 valence electrons. The maximum atomic E-state index is 12.4. The van der Waals surface area contributed by atoms with Crippen LogP contribution >= 0.6 is 0 Å². The van der Waals surface area contributed by atoms with Crippen molar-refractivity contribution in [1.82, 2.24) is 25.0 Å². The lowest BCUT2D eigenvalue weighted by Crippen LogP contribution is -2.38. The van der Waals surface area contributed by atoms with E-state index in [1.807, 2.05) is 12.3 Å². The van der Waals surface area contributed by atoms with Crippen molar-refractivity contribution in [3.8, 4) is 5.82 Å². The number of rotatable bonds is 6. The number of amides is 1. The predicted octanol–water partition coefficient (Wildman–Crippen LogP) is 3.68. The van der Waals surface area contributed by atoms with Crippen LogP contribution in [0.4, 0.5) is 0 Å². The Balaban J connectivity index is 1.29. The van der Waals surface area contributed by atoms with E-state index in [0.717, 1.165) is 23.9 Å². The molecule has 2 aromatic heterocycles. The molecule has 3 heterocycles. The van der Waals surface area contributed by atoms with Gasteiger partial charge in [-0.25, -0.2) is 9.67 Å². The predicted molar refractivity (Wildman–Crippen MR) is 117 cm³/mol. The van der Waals surface area contributed by atoms with E-state index in [-0.39, 0.29) is 5.91 Å².